The predicted octanol–water partition coefficient (Wildman–Crippen LogP) is 2.59. The minimum Gasteiger partial charge on any atom is -0.481 e. The number of carbonyl (C=O) groups excluding carboxylic acids is 1. The summed E-state index contributed by atoms with van der Waals surface area (Å²) in [5.41, 5.74) is 0.666. The third kappa shape index (κ3) is 3.81. The fraction of sp³-hybridized carbons (Fsp3) is 0.235. The van der Waals surface area contributed by atoms with Crippen molar-refractivity contribution in [3.8, 4) is 0 Å². The number of carboxylic acids is 2. The van der Waals surface area contributed by atoms with Crippen LogP contribution in [0.15, 0.2) is 46.9 Å². The molecule has 0 aliphatic carbocycles. The van der Waals surface area contributed by atoms with Gasteiger partial charge in [0.25, 0.3) is 0 Å². The van der Waals surface area contributed by atoms with E-state index >= 15 is 0 Å². The molecule has 1 aromatic heterocycles. The van der Waals surface area contributed by atoms with Crippen LogP contribution in [0, 0.1) is 0 Å². The molecule has 7 heteroatoms. The monoisotopic (exact) mass is 331 g/mol. The lowest BCUT2D eigenvalue weighted by Crippen LogP contribution is -2.33. The summed E-state index contributed by atoms with van der Waals surface area (Å²) in [4.78, 5) is 36.3. The summed E-state index contributed by atoms with van der Waals surface area (Å²) in [5, 5.41) is 18.2. The van der Waals surface area contributed by atoms with Crippen molar-refractivity contribution in [2.75, 3.05) is 11.4 Å². The summed E-state index contributed by atoms with van der Waals surface area (Å²) in [5.74, 6) is -4.60. The van der Waals surface area contributed by atoms with Crippen molar-refractivity contribution in [3.63, 3.8) is 0 Å². The van der Waals surface area contributed by atoms with Crippen molar-refractivity contribution in [3.05, 3.63) is 54.0 Å². The molecule has 0 saturated carbocycles. The van der Waals surface area contributed by atoms with Crippen LogP contribution < -0.4 is 4.90 Å². The van der Waals surface area contributed by atoms with Crippen LogP contribution in [0.4, 0.5) is 5.69 Å². The minimum atomic E-state index is -1.30. The molecule has 1 atom stereocenters. The van der Waals surface area contributed by atoms with E-state index in [2.05, 4.69) is 0 Å². The number of aromatic carboxylic acids is 1. The standard InChI is InChI=1S/C17H17NO6/c1-2-18(11-6-4-3-5-7-11)15(19)10-12(16(20)21)13-8-9-14(24-13)17(22)23/h3-9,12H,2,10H2,1H3,(H,20,21)(H,22,23). The lowest BCUT2D eigenvalue weighted by Gasteiger charge is -2.22. The van der Waals surface area contributed by atoms with Gasteiger partial charge in [-0.2, -0.15) is 0 Å². The number of hydrogen-bond donors (Lipinski definition) is 2. The molecule has 1 amide bonds. The van der Waals surface area contributed by atoms with E-state index in [1.54, 1.807) is 31.2 Å². The Bertz CT molecular complexity index is 737. The van der Waals surface area contributed by atoms with Gasteiger partial charge in [0.1, 0.15) is 11.7 Å². The van der Waals surface area contributed by atoms with E-state index in [9.17, 15) is 19.5 Å². The molecular formula is C17H17NO6. The van der Waals surface area contributed by atoms with Crippen molar-refractivity contribution in [1.82, 2.24) is 0 Å². The molecule has 2 N–H and O–H groups in total. The highest BCUT2D eigenvalue weighted by Crippen LogP contribution is 2.25. The first-order valence-corrected chi connectivity index (χ1v) is 7.35. The van der Waals surface area contributed by atoms with Crippen LogP contribution in [0.2, 0.25) is 0 Å². The van der Waals surface area contributed by atoms with E-state index in [0.717, 1.165) is 0 Å². The topological polar surface area (TPSA) is 108 Å². The smallest absolute Gasteiger partial charge is 0.371 e. The van der Waals surface area contributed by atoms with Gasteiger partial charge in [0.05, 0.1) is 0 Å². The molecule has 0 saturated heterocycles. The third-order valence-corrected chi connectivity index (χ3v) is 3.54. The van der Waals surface area contributed by atoms with Gasteiger partial charge in [-0.3, -0.25) is 9.59 Å². The molecule has 0 spiro atoms. The zero-order chi connectivity index (χ0) is 17.7. The largest absolute Gasteiger partial charge is 0.481 e. The van der Waals surface area contributed by atoms with Gasteiger partial charge in [-0.15, -0.1) is 0 Å². The van der Waals surface area contributed by atoms with E-state index in [-0.39, 0.29) is 23.8 Å². The van der Waals surface area contributed by atoms with Crippen LogP contribution in [0.1, 0.15) is 35.6 Å². The van der Waals surface area contributed by atoms with Gasteiger partial charge in [0.2, 0.25) is 11.7 Å². The average Bonchev–Trinajstić information content (AvgIpc) is 3.04. The lowest BCUT2D eigenvalue weighted by atomic mass is 10.0. The summed E-state index contributed by atoms with van der Waals surface area (Å²) in [6.07, 6.45) is -0.329. The molecule has 24 heavy (non-hydrogen) atoms. The molecule has 126 valence electrons. The maximum atomic E-state index is 12.5. The Hall–Kier alpha value is -3.09. The van der Waals surface area contributed by atoms with Crippen molar-refractivity contribution in [2.45, 2.75) is 19.3 Å². The zero-order valence-electron chi connectivity index (χ0n) is 13.0. The molecule has 2 aromatic rings. The molecule has 7 nitrogen and oxygen atoms in total. The Balaban J connectivity index is 2.21. The van der Waals surface area contributed by atoms with E-state index < -0.39 is 17.9 Å². The van der Waals surface area contributed by atoms with Crippen LogP contribution in [-0.2, 0) is 9.59 Å². The average molecular weight is 331 g/mol. The molecule has 1 heterocycles. The Kier molecular flexibility index (Phi) is 5.36. The quantitative estimate of drug-likeness (QED) is 0.807. The lowest BCUT2D eigenvalue weighted by molar-refractivity contribution is -0.141. The van der Waals surface area contributed by atoms with Gasteiger partial charge in [-0.25, -0.2) is 4.79 Å². The van der Waals surface area contributed by atoms with E-state index in [4.69, 9.17) is 9.52 Å². The van der Waals surface area contributed by atoms with Gasteiger partial charge in [0.15, 0.2) is 0 Å². The number of nitrogens with zero attached hydrogens (tertiary/aromatic N) is 1. The number of carboxylic acid groups (broad SMARTS) is 2. The fourth-order valence-corrected chi connectivity index (χ4v) is 2.36. The number of rotatable bonds is 7. The molecule has 0 aliphatic rings. The SMILES string of the molecule is CCN(C(=O)CC(C(=O)O)c1ccc(C(=O)O)o1)c1ccccc1. The first-order valence-electron chi connectivity index (χ1n) is 7.35. The second-order valence-electron chi connectivity index (χ2n) is 5.08. The zero-order valence-corrected chi connectivity index (χ0v) is 13.0. The Morgan fingerprint density at radius 1 is 1.08 bits per heavy atom. The predicted molar refractivity (Wildman–Crippen MR) is 85.1 cm³/mol. The van der Waals surface area contributed by atoms with Crippen LogP contribution in [0.5, 0.6) is 0 Å². The molecule has 1 aromatic carbocycles. The maximum Gasteiger partial charge on any atom is 0.371 e. The molecule has 1 unspecified atom stereocenters. The van der Waals surface area contributed by atoms with Crippen molar-refractivity contribution in [2.24, 2.45) is 0 Å². The van der Waals surface area contributed by atoms with E-state index in [0.29, 0.717) is 12.2 Å². The number of amides is 1. The van der Waals surface area contributed by atoms with Crippen molar-refractivity contribution < 1.29 is 29.0 Å². The van der Waals surface area contributed by atoms with Crippen LogP contribution in [0.25, 0.3) is 0 Å². The molecule has 0 radical (unpaired) electrons. The van der Waals surface area contributed by atoms with Crippen LogP contribution >= 0.6 is 0 Å². The first-order chi connectivity index (χ1) is 11.4. The second-order valence-corrected chi connectivity index (χ2v) is 5.08. The number of benzene rings is 1. The summed E-state index contributed by atoms with van der Waals surface area (Å²) in [6, 6.07) is 11.3. The highest BCUT2D eigenvalue weighted by molar-refractivity contribution is 5.96. The Morgan fingerprint density at radius 2 is 1.75 bits per heavy atom. The molecule has 0 bridgehead atoms. The normalized spacial score (nSPS) is 11.7. The number of aliphatic carboxylic acids is 1. The van der Waals surface area contributed by atoms with Gasteiger partial charge >= 0.3 is 11.9 Å². The van der Waals surface area contributed by atoms with Gasteiger partial charge < -0.3 is 19.5 Å². The van der Waals surface area contributed by atoms with Crippen LogP contribution in [-0.4, -0.2) is 34.6 Å². The van der Waals surface area contributed by atoms with Crippen molar-refractivity contribution in [1.29, 1.82) is 0 Å². The summed E-state index contributed by atoms with van der Waals surface area (Å²) in [7, 11) is 0. The minimum absolute atomic E-state index is 0.0580. The van der Waals surface area contributed by atoms with E-state index in [1.807, 2.05) is 6.07 Å². The number of para-hydroxylation sites is 1. The highest BCUT2D eigenvalue weighted by atomic mass is 16.4. The van der Waals surface area contributed by atoms with Crippen LogP contribution in [0.3, 0.4) is 0 Å². The Morgan fingerprint density at radius 3 is 2.25 bits per heavy atom. The number of hydrogen-bond acceptors (Lipinski definition) is 4. The molecular weight excluding hydrogens is 314 g/mol. The first kappa shape index (κ1) is 17.3. The number of anilines is 1. The molecule has 2 rings (SSSR count). The molecule has 0 aliphatic heterocycles. The van der Waals surface area contributed by atoms with E-state index in [1.165, 1.54) is 17.0 Å². The van der Waals surface area contributed by atoms with Gasteiger partial charge in [-0.05, 0) is 31.2 Å². The van der Waals surface area contributed by atoms with Gasteiger partial charge in [0, 0.05) is 18.7 Å². The summed E-state index contributed by atoms with van der Waals surface area (Å²) < 4.78 is 5.04. The summed E-state index contributed by atoms with van der Waals surface area (Å²) >= 11 is 0. The maximum absolute atomic E-state index is 12.5. The van der Waals surface area contributed by atoms with Gasteiger partial charge in [-0.1, -0.05) is 18.2 Å². The Labute approximate surface area is 138 Å². The fourth-order valence-electron chi connectivity index (χ4n) is 2.36. The number of carbonyl (C=O) groups is 3. The summed E-state index contributed by atoms with van der Waals surface area (Å²) in [6.45, 7) is 2.17. The van der Waals surface area contributed by atoms with Crippen molar-refractivity contribution >= 4 is 23.5 Å². The second kappa shape index (κ2) is 7.45. The third-order valence-electron chi connectivity index (χ3n) is 3.54. The number of furan rings is 1. The molecule has 0 fully saturated rings. The highest BCUT2D eigenvalue weighted by Gasteiger charge is 2.29.